The Morgan fingerprint density at radius 2 is 0.738 bits per heavy atom. The number of carbonyl (C=O) groups is 2. The number of carbonyl (C=O) groups excluding carboxylic acids is 2. The minimum Gasteiger partial charge on any atom is -0.494 e. The van der Waals surface area contributed by atoms with Crippen molar-refractivity contribution < 1.29 is 28.5 Å². The van der Waals surface area contributed by atoms with Gasteiger partial charge in [0.25, 0.3) is 0 Å². The van der Waals surface area contributed by atoms with Gasteiger partial charge in [-0.2, -0.15) is 0 Å². The van der Waals surface area contributed by atoms with E-state index in [0.29, 0.717) is 35.8 Å². The van der Waals surface area contributed by atoms with Crippen molar-refractivity contribution in [2.75, 3.05) is 13.2 Å². The van der Waals surface area contributed by atoms with Crippen LogP contribution in [0.2, 0.25) is 0 Å². The molecule has 0 saturated carbocycles. The highest BCUT2D eigenvalue weighted by Gasteiger charge is 2.12. The smallest absolute Gasteiger partial charge is 0.343 e. The molecule has 6 heteroatoms. The van der Waals surface area contributed by atoms with Crippen molar-refractivity contribution in [2.45, 2.75) is 90.9 Å². The van der Waals surface area contributed by atoms with Crippen molar-refractivity contribution in [1.82, 2.24) is 0 Å². The molecule has 0 bridgehead atoms. The quantitative estimate of drug-likeness (QED) is 0.0760. The molecule has 0 amide bonds. The normalized spacial score (nSPS) is 10.7. The van der Waals surface area contributed by atoms with E-state index in [0.717, 1.165) is 24.3 Å². The molecule has 3 rings (SSSR count). The molecule has 0 aliphatic heterocycles. The highest BCUT2D eigenvalue weighted by Crippen LogP contribution is 2.21. The summed E-state index contributed by atoms with van der Waals surface area (Å²) in [7, 11) is 0. The van der Waals surface area contributed by atoms with Gasteiger partial charge in [-0.05, 0) is 85.6 Å². The average Bonchev–Trinajstić information content (AvgIpc) is 3.01. The first-order valence-corrected chi connectivity index (χ1v) is 15.6. The SMILES string of the molecule is CCCCCCCCOc1ccc(OC(=O)c2ccc(OC(=O)c3ccc(OCCCCCCCC)cc3)cc2)cc1. The predicted octanol–water partition coefficient (Wildman–Crippen LogP) is 9.60. The second kappa shape index (κ2) is 19.3. The van der Waals surface area contributed by atoms with Gasteiger partial charge in [0.2, 0.25) is 0 Å². The zero-order valence-corrected chi connectivity index (χ0v) is 25.3. The lowest BCUT2D eigenvalue weighted by molar-refractivity contribution is 0.0730. The van der Waals surface area contributed by atoms with Crippen LogP contribution in [0, 0.1) is 0 Å². The van der Waals surface area contributed by atoms with Crippen molar-refractivity contribution in [3.8, 4) is 23.0 Å². The van der Waals surface area contributed by atoms with Gasteiger partial charge in [-0.3, -0.25) is 0 Å². The fraction of sp³-hybridized carbons (Fsp3) is 0.444. The molecule has 0 atom stereocenters. The molecular formula is C36H46O6. The Kier molecular flexibility index (Phi) is 15.1. The van der Waals surface area contributed by atoms with E-state index in [1.165, 1.54) is 64.2 Å². The monoisotopic (exact) mass is 574 g/mol. The van der Waals surface area contributed by atoms with Crippen LogP contribution in [-0.2, 0) is 0 Å². The van der Waals surface area contributed by atoms with Gasteiger partial charge < -0.3 is 18.9 Å². The summed E-state index contributed by atoms with van der Waals surface area (Å²) in [4.78, 5) is 25.2. The Morgan fingerprint density at radius 3 is 1.14 bits per heavy atom. The summed E-state index contributed by atoms with van der Waals surface area (Å²) in [6, 6.07) is 20.3. The summed E-state index contributed by atoms with van der Waals surface area (Å²) < 4.78 is 22.5. The molecule has 0 N–H and O–H groups in total. The number of ether oxygens (including phenoxy) is 4. The number of hydrogen-bond donors (Lipinski definition) is 0. The van der Waals surface area contributed by atoms with E-state index in [-0.39, 0.29) is 0 Å². The predicted molar refractivity (Wildman–Crippen MR) is 167 cm³/mol. The van der Waals surface area contributed by atoms with Crippen LogP contribution in [0.3, 0.4) is 0 Å². The summed E-state index contributed by atoms with van der Waals surface area (Å²) in [5.41, 5.74) is 0.773. The molecule has 3 aromatic carbocycles. The molecule has 0 aliphatic rings. The van der Waals surface area contributed by atoms with Gasteiger partial charge >= 0.3 is 11.9 Å². The van der Waals surface area contributed by atoms with Gasteiger partial charge in [0.05, 0.1) is 24.3 Å². The van der Waals surface area contributed by atoms with Gasteiger partial charge in [0.15, 0.2) is 0 Å². The van der Waals surface area contributed by atoms with Crippen LogP contribution in [0.15, 0.2) is 72.8 Å². The van der Waals surface area contributed by atoms with E-state index >= 15 is 0 Å². The Bertz CT molecular complexity index is 1170. The summed E-state index contributed by atoms with van der Waals surface area (Å²) in [6.07, 6.45) is 14.5. The molecule has 0 fully saturated rings. The third kappa shape index (κ3) is 12.4. The fourth-order valence-corrected chi connectivity index (χ4v) is 4.43. The zero-order valence-electron chi connectivity index (χ0n) is 25.3. The second-order valence-electron chi connectivity index (χ2n) is 10.5. The maximum Gasteiger partial charge on any atom is 0.343 e. The number of benzene rings is 3. The standard InChI is InChI=1S/C36H46O6/c1-3-5-7-9-11-13-27-39-31-19-15-29(16-20-31)35(37)41-33-21-17-30(18-22-33)36(38)42-34-25-23-32(24-26-34)40-28-14-12-10-8-6-4-2/h15-26H,3-14,27-28H2,1-2H3. The van der Waals surface area contributed by atoms with E-state index in [1.54, 1.807) is 72.8 Å². The molecule has 6 nitrogen and oxygen atoms in total. The van der Waals surface area contributed by atoms with E-state index in [2.05, 4.69) is 13.8 Å². The third-order valence-electron chi connectivity index (χ3n) is 6.96. The summed E-state index contributed by atoms with van der Waals surface area (Å²) in [6.45, 7) is 5.78. The highest BCUT2D eigenvalue weighted by molar-refractivity contribution is 5.92. The third-order valence-corrected chi connectivity index (χ3v) is 6.96. The molecule has 0 aliphatic carbocycles. The summed E-state index contributed by atoms with van der Waals surface area (Å²) in [5, 5.41) is 0. The van der Waals surface area contributed by atoms with Crippen LogP contribution in [0.5, 0.6) is 23.0 Å². The topological polar surface area (TPSA) is 71.1 Å². The van der Waals surface area contributed by atoms with Crippen LogP contribution >= 0.6 is 0 Å². The van der Waals surface area contributed by atoms with Crippen molar-refractivity contribution in [3.63, 3.8) is 0 Å². The summed E-state index contributed by atoms with van der Waals surface area (Å²) >= 11 is 0. The van der Waals surface area contributed by atoms with E-state index in [4.69, 9.17) is 18.9 Å². The maximum atomic E-state index is 12.6. The summed E-state index contributed by atoms with van der Waals surface area (Å²) in [5.74, 6) is 1.29. The fourth-order valence-electron chi connectivity index (χ4n) is 4.43. The lowest BCUT2D eigenvalue weighted by Gasteiger charge is -2.09. The second-order valence-corrected chi connectivity index (χ2v) is 10.5. The lowest BCUT2D eigenvalue weighted by atomic mass is 10.1. The maximum absolute atomic E-state index is 12.6. The van der Waals surface area contributed by atoms with E-state index in [9.17, 15) is 9.59 Å². The Balaban J connectivity index is 1.37. The van der Waals surface area contributed by atoms with Crippen LogP contribution < -0.4 is 18.9 Å². The van der Waals surface area contributed by atoms with Crippen LogP contribution in [0.25, 0.3) is 0 Å². The Hall–Kier alpha value is -3.80. The average molecular weight is 575 g/mol. The van der Waals surface area contributed by atoms with E-state index < -0.39 is 11.9 Å². The molecule has 0 heterocycles. The first-order valence-electron chi connectivity index (χ1n) is 15.6. The van der Waals surface area contributed by atoms with Crippen LogP contribution in [0.1, 0.15) is 112 Å². The van der Waals surface area contributed by atoms with Gasteiger partial charge in [-0.25, -0.2) is 9.59 Å². The van der Waals surface area contributed by atoms with Crippen molar-refractivity contribution in [2.24, 2.45) is 0 Å². The van der Waals surface area contributed by atoms with Crippen molar-refractivity contribution >= 4 is 11.9 Å². The number of rotatable bonds is 20. The molecule has 42 heavy (non-hydrogen) atoms. The van der Waals surface area contributed by atoms with Crippen LogP contribution in [-0.4, -0.2) is 25.2 Å². The van der Waals surface area contributed by atoms with Crippen LogP contribution in [0.4, 0.5) is 0 Å². The number of unbranched alkanes of at least 4 members (excludes halogenated alkanes) is 10. The molecule has 0 aromatic heterocycles. The molecule has 0 unspecified atom stereocenters. The minimum atomic E-state index is -0.495. The van der Waals surface area contributed by atoms with E-state index in [1.807, 2.05) is 0 Å². The minimum absolute atomic E-state index is 0.340. The molecule has 226 valence electrons. The van der Waals surface area contributed by atoms with Gasteiger partial charge in [0.1, 0.15) is 23.0 Å². The molecule has 0 radical (unpaired) electrons. The van der Waals surface area contributed by atoms with Crippen molar-refractivity contribution in [1.29, 1.82) is 0 Å². The highest BCUT2D eigenvalue weighted by atomic mass is 16.5. The van der Waals surface area contributed by atoms with Gasteiger partial charge in [0, 0.05) is 0 Å². The molecule has 3 aromatic rings. The molecule has 0 saturated heterocycles. The van der Waals surface area contributed by atoms with Crippen molar-refractivity contribution in [3.05, 3.63) is 83.9 Å². The Morgan fingerprint density at radius 1 is 0.429 bits per heavy atom. The molecular weight excluding hydrogens is 528 g/mol. The largest absolute Gasteiger partial charge is 0.494 e. The molecule has 0 spiro atoms. The van der Waals surface area contributed by atoms with Gasteiger partial charge in [-0.1, -0.05) is 78.1 Å². The lowest BCUT2D eigenvalue weighted by Crippen LogP contribution is -2.10. The zero-order chi connectivity index (χ0) is 29.8. The number of esters is 2. The Labute approximate surface area is 251 Å². The first-order chi connectivity index (χ1) is 20.6. The van der Waals surface area contributed by atoms with Gasteiger partial charge in [-0.15, -0.1) is 0 Å². The number of hydrogen-bond acceptors (Lipinski definition) is 6. The first kappa shape index (κ1) is 32.7.